The van der Waals surface area contributed by atoms with Crippen molar-refractivity contribution >= 4 is 11.8 Å². The number of amides is 2. The summed E-state index contributed by atoms with van der Waals surface area (Å²) >= 11 is 0. The molecule has 4 rings (SSSR count). The monoisotopic (exact) mass is 422 g/mol. The Bertz CT molecular complexity index is 959. The second-order valence-corrected chi connectivity index (χ2v) is 8.35. The first-order valence-electron chi connectivity index (χ1n) is 10.9. The van der Waals surface area contributed by atoms with Crippen LogP contribution in [0.15, 0.2) is 48.7 Å². The van der Waals surface area contributed by atoms with Crippen molar-refractivity contribution in [2.75, 3.05) is 26.7 Å². The van der Waals surface area contributed by atoms with Gasteiger partial charge in [0, 0.05) is 45.3 Å². The second-order valence-electron chi connectivity index (χ2n) is 8.35. The van der Waals surface area contributed by atoms with E-state index in [0.717, 1.165) is 30.6 Å². The first kappa shape index (κ1) is 21.2. The number of benzene rings is 1. The molecular weight excluding hydrogens is 392 g/mol. The van der Waals surface area contributed by atoms with Crippen LogP contribution in [0.2, 0.25) is 0 Å². The van der Waals surface area contributed by atoms with Crippen LogP contribution in [0.3, 0.4) is 0 Å². The van der Waals surface area contributed by atoms with Gasteiger partial charge in [-0.1, -0.05) is 24.3 Å². The van der Waals surface area contributed by atoms with Crippen LogP contribution in [0, 0.1) is 11.8 Å². The fraction of sp³-hybridized carbons (Fsp3) is 0.458. The minimum Gasteiger partial charge on any atom is -0.497 e. The van der Waals surface area contributed by atoms with Gasteiger partial charge in [-0.05, 0) is 48.9 Å². The largest absolute Gasteiger partial charge is 0.497 e. The maximum Gasteiger partial charge on any atom is 0.272 e. The van der Waals surface area contributed by atoms with Crippen molar-refractivity contribution in [2.45, 2.75) is 25.8 Å². The average Bonchev–Trinajstić information content (AvgIpc) is 3.15. The van der Waals surface area contributed by atoms with Gasteiger partial charge in [-0.15, -0.1) is 0 Å². The molecule has 1 atom stereocenters. The standard InChI is InChI=1S/C24H30N4O3/c1-26-22(9-12-25-26)24(30)27-14-10-19(11-15-27)21-8-3-4-13-28(23(21)29)17-18-6-5-7-20(16-18)31-2/h3-7,9,12,16,19,21H,8,10-11,13-15,17H2,1-2H3/t21-/m0/s1. The van der Waals surface area contributed by atoms with E-state index in [1.54, 1.807) is 31.1 Å². The highest BCUT2D eigenvalue weighted by Gasteiger charge is 2.35. The Kier molecular flexibility index (Phi) is 6.39. The molecule has 0 N–H and O–H groups in total. The van der Waals surface area contributed by atoms with Crippen LogP contribution in [0.25, 0.3) is 0 Å². The van der Waals surface area contributed by atoms with E-state index in [0.29, 0.717) is 37.8 Å². The van der Waals surface area contributed by atoms with E-state index in [1.807, 2.05) is 34.1 Å². The van der Waals surface area contributed by atoms with Crippen molar-refractivity contribution in [1.82, 2.24) is 19.6 Å². The lowest BCUT2D eigenvalue weighted by molar-refractivity contribution is -0.137. The van der Waals surface area contributed by atoms with E-state index < -0.39 is 0 Å². The normalized spacial score (nSPS) is 20.1. The third-order valence-electron chi connectivity index (χ3n) is 6.45. The number of methoxy groups -OCH3 is 1. The summed E-state index contributed by atoms with van der Waals surface area (Å²) in [5.74, 6) is 1.30. The molecule has 1 aromatic heterocycles. The predicted molar refractivity (Wildman–Crippen MR) is 117 cm³/mol. The molecule has 1 aromatic carbocycles. The summed E-state index contributed by atoms with van der Waals surface area (Å²) in [6, 6.07) is 9.64. The van der Waals surface area contributed by atoms with Crippen molar-refractivity contribution in [2.24, 2.45) is 18.9 Å². The summed E-state index contributed by atoms with van der Waals surface area (Å²) in [5.41, 5.74) is 1.68. The average molecular weight is 423 g/mol. The molecule has 1 saturated heterocycles. The molecule has 7 nitrogen and oxygen atoms in total. The molecule has 0 saturated carbocycles. The third-order valence-corrected chi connectivity index (χ3v) is 6.45. The number of aryl methyl sites for hydroxylation is 1. The van der Waals surface area contributed by atoms with Crippen LogP contribution in [0.4, 0.5) is 0 Å². The zero-order valence-corrected chi connectivity index (χ0v) is 18.2. The number of aromatic nitrogens is 2. The van der Waals surface area contributed by atoms with Crippen molar-refractivity contribution < 1.29 is 14.3 Å². The molecule has 2 amide bonds. The van der Waals surface area contributed by atoms with E-state index in [9.17, 15) is 9.59 Å². The van der Waals surface area contributed by atoms with Gasteiger partial charge in [0.2, 0.25) is 5.91 Å². The van der Waals surface area contributed by atoms with E-state index in [-0.39, 0.29) is 17.7 Å². The Labute approximate surface area is 183 Å². The van der Waals surface area contributed by atoms with Gasteiger partial charge in [-0.2, -0.15) is 5.10 Å². The van der Waals surface area contributed by atoms with Gasteiger partial charge in [0.25, 0.3) is 5.91 Å². The first-order chi connectivity index (χ1) is 15.1. The minimum atomic E-state index is -0.0293. The molecule has 0 aliphatic carbocycles. The zero-order valence-electron chi connectivity index (χ0n) is 18.2. The van der Waals surface area contributed by atoms with Crippen LogP contribution in [0.1, 0.15) is 35.3 Å². The number of carbonyl (C=O) groups is 2. The maximum absolute atomic E-state index is 13.4. The maximum atomic E-state index is 13.4. The summed E-state index contributed by atoms with van der Waals surface area (Å²) in [7, 11) is 3.44. The van der Waals surface area contributed by atoms with Gasteiger partial charge in [-0.3, -0.25) is 14.3 Å². The topological polar surface area (TPSA) is 67.7 Å². The number of likely N-dealkylation sites (tertiary alicyclic amines) is 1. The number of nitrogens with zero attached hydrogens (tertiary/aromatic N) is 4. The molecule has 7 heteroatoms. The molecule has 2 aromatic rings. The molecule has 2 aliphatic heterocycles. The lowest BCUT2D eigenvalue weighted by Crippen LogP contribution is -2.44. The number of hydrogen-bond donors (Lipinski definition) is 0. The molecule has 164 valence electrons. The van der Waals surface area contributed by atoms with Gasteiger partial charge in [0.15, 0.2) is 0 Å². The fourth-order valence-corrected chi connectivity index (χ4v) is 4.65. The molecule has 0 unspecified atom stereocenters. The lowest BCUT2D eigenvalue weighted by atomic mass is 9.81. The highest BCUT2D eigenvalue weighted by Crippen LogP contribution is 2.31. The number of hydrogen-bond acceptors (Lipinski definition) is 4. The molecule has 2 aliphatic rings. The lowest BCUT2D eigenvalue weighted by Gasteiger charge is -2.36. The van der Waals surface area contributed by atoms with Crippen molar-refractivity contribution in [3.8, 4) is 5.75 Å². The summed E-state index contributed by atoms with van der Waals surface area (Å²) in [5, 5.41) is 4.10. The van der Waals surface area contributed by atoms with E-state index in [2.05, 4.69) is 17.3 Å². The van der Waals surface area contributed by atoms with Gasteiger partial charge in [-0.25, -0.2) is 0 Å². The highest BCUT2D eigenvalue weighted by molar-refractivity contribution is 5.92. The molecule has 31 heavy (non-hydrogen) atoms. The van der Waals surface area contributed by atoms with E-state index in [1.165, 1.54) is 0 Å². The zero-order chi connectivity index (χ0) is 21.8. The molecule has 3 heterocycles. The van der Waals surface area contributed by atoms with Crippen LogP contribution in [0.5, 0.6) is 5.75 Å². The number of allylic oxidation sites excluding steroid dienone is 1. The highest BCUT2D eigenvalue weighted by atomic mass is 16.5. The van der Waals surface area contributed by atoms with Gasteiger partial charge in [0.05, 0.1) is 7.11 Å². The Hall–Kier alpha value is -3.09. The Morgan fingerprint density at radius 2 is 2.00 bits per heavy atom. The van der Waals surface area contributed by atoms with Gasteiger partial charge >= 0.3 is 0 Å². The minimum absolute atomic E-state index is 0.0187. The quantitative estimate of drug-likeness (QED) is 0.695. The van der Waals surface area contributed by atoms with Gasteiger partial charge in [0.1, 0.15) is 11.4 Å². The van der Waals surface area contributed by atoms with Crippen LogP contribution < -0.4 is 4.74 Å². The first-order valence-corrected chi connectivity index (χ1v) is 10.9. The van der Waals surface area contributed by atoms with E-state index in [4.69, 9.17) is 4.74 Å². The Balaban J connectivity index is 1.40. The molecule has 0 spiro atoms. The second kappa shape index (κ2) is 9.37. The van der Waals surface area contributed by atoms with Crippen LogP contribution >= 0.6 is 0 Å². The molecular formula is C24H30N4O3. The van der Waals surface area contributed by atoms with Crippen LogP contribution in [-0.4, -0.2) is 58.1 Å². The smallest absolute Gasteiger partial charge is 0.272 e. The SMILES string of the molecule is COc1cccc(CN2CC=CC[C@@H](C3CCN(C(=O)c4ccnn4C)CC3)C2=O)c1. The summed E-state index contributed by atoms with van der Waals surface area (Å²) in [4.78, 5) is 30.0. The Morgan fingerprint density at radius 1 is 1.19 bits per heavy atom. The summed E-state index contributed by atoms with van der Waals surface area (Å²) in [6.07, 6.45) is 8.35. The molecule has 1 fully saturated rings. The third kappa shape index (κ3) is 4.65. The molecule has 0 bridgehead atoms. The summed E-state index contributed by atoms with van der Waals surface area (Å²) in [6.45, 7) is 2.56. The Morgan fingerprint density at radius 3 is 2.71 bits per heavy atom. The van der Waals surface area contributed by atoms with Crippen molar-refractivity contribution in [1.29, 1.82) is 0 Å². The summed E-state index contributed by atoms with van der Waals surface area (Å²) < 4.78 is 6.94. The molecule has 0 radical (unpaired) electrons. The van der Waals surface area contributed by atoms with Crippen molar-refractivity contribution in [3.63, 3.8) is 0 Å². The fourth-order valence-electron chi connectivity index (χ4n) is 4.65. The number of rotatable bonds is 5. The van der Waals surface area contributed by atoms with Crippen molar-refractivity contribution in [3.05, 3.63) is 59.9 Å². The number of carbonyl (C=O) groups excluding carboxylic acids is 2. The number of piperidine rings is 1. The van der Waals surface area contributed by atoms with Gasteiger partial charge < -0.3 is 14.5 Å². The predicted octanol–water partition coefficient (Wildman–Crippen LogP) is 2.89. The van der Waals surface area contributed by atoms with E-state index >= 15 is 0 Å². The number of ether oxygens (including phenoxy) is 1. The van der Waals surface area contributed by atoms with Crippen LogP contribution in [-0.2, 0) is 18.4 Å².